The predicted molar refractivity (Wildman–Crippen MR) is 115 cm³/mol. The van der Waals surface area contributed by atoms with Crippen LogP contribution in [-0.2, 0) is 9.59 Å². The fraction of sp³-hybridized carbons (Fsp3) is 0.158. The van der Waals surface area contributed by atoms with E-state index in [9.17, 15) is 19.5 Å². The van der Waals surface area contributed by atoms with Crippen LogP contribution in [0, 0.1) is 3.57 Å². The van der Waals surface area contributed by atoms with Crippen LogP contribution in [0.2, 0.25) is 0 Å². The number of carbonyl (C=O) groups excluding carboxylic acids is 3. The topological polar surface area (TPSA) is 102 Å². The van der Waals surface area contributed by atoms with Gasteiger partial charge >= 0.3 is 0 Å². The summed E-state index contributed by atoms with van der Waals surface area (Å²) in [6, 6.07) is 13.2. The number of thioether (sulfide) groups is 1. The van der Waals surface area contributed by atoms with Crippen molar-refractivity contribution in [1.29, 1.82) is 0 Å². The number of amides is 2. The first-order valence-corrected chi connectivity index (χ1v) is 10.2. The molecule has 0 radical (unpaired) electrons. The fourth-order valence-electron chi connectivity index (χ4n) is 2.64. The summed E-state index contributed by atoms with van der Waals surface area (Å²) >= 11 is 3.40. The average Bonchev–Trinajstić information content (AvgIpc) is 2.96. The van der Waals surface area contributed by atoms with Gasteiger partial charge in [0.05, 0.1) is 11.7 Å². The molecule has 1 aliphatic heterocycles. The van der Waals surface area contributed by atoms with Crippen molar-refractivity contribution in [2.75, 3.05) is 17.3 Å². The Morgan fingerprint density at radius 1 is 1.18 bits per heavy atom. The number of hydrogen-bond donors (Lipinski definition) is 1. The Morgan fingerprint density at radius 2 is 1.82 bits per heavy atom. The van der Waals surface area contributed by atoms with E-state index in [1.807, 2.05) is 24.3 Å². The summed E-state index contributed by atoms with van der Waals surface area (Å²) in [5, 5.41) is 13.9. The summed E-state index contributed by atoms with van der Waals surface area (Å²) in [6.45, 7) is 0. The van der Waals surface area contributed by atoms with Gasteiger partial charge in [-0.25, -0.2) is 4.90 Å². The van der Waals surface area contributed by atoms with Crippen LogP contribution in [0.15, 0.2) is 53.5 Å². The summed E-state index contributed by atoms with van der Waals surface area (Å²) in [5.74, 6) is -2.01. The molecule has 1 saturated heterocycles. The second-order valence-corrected chi connectivity index (χ2v) is 8.31. The molecule has 0 aromatic heterocycles. The van der Waals surface area contributed by atoms with Crippen LogP contribution >= 0.6 is 34.4 Å². The number of benzene rings is 2. The molecule has 1 heterocycles. The maximum absolute atomic E-state index is 12.8. The number of carbonyl (C=O) groups is 3. The number of anilines is 2. The largest absolute Gasteiger partial charge is 0.545 e. The Labute approximate surface area is 179 Å². The number of amidine groups is 1. The predicted octanol–water partition coefficient (Wildman–Crippen LogP) is 2.12. The number of carboxylic acid groups (broad SMARTS) is 1. The van der Waals surface area contributed by atoms with Gasteiger partial charge < -0.3 is 15.2 Å². The third-order valence-corrected chi connectivity index (χ3v) is 5.90. The molecule has 0 aliphatic carbocycles. The summed E-state index contributed by atoms with van der Waals surface area (Å²) in [7, 11) is 1.61. The van der Waals surface area contributed by atoms with E-state index < -0.39 is 11.2 Å². The molecule has 28 heavy (non-hydrogen) atoms. The molecule has 1 aliphatic rings. The van der Waals surface area contributed by atoms with Gasteiger partial charge in [-0.3, -0.25) is 14.6 Å². The summed E-state index contributed by atoms with van der Waals surface area (Å²) in [6.07, 6.45) is 0.0408. The van der Waals surface area contributed by atoms with Crippen molar-refractivity contribution in [2.24, 2.45) is 4.99 Å². The molecule has 0 unspecified atom stereocenters. The van der Waals surface area contributed by atoms with Crippen molar-refractivity contribution in [1.82, 2.24) is 0 Å². The van der Waals surface area contributed by atoms with E-state index >= 15 is 0 Å². The van der Waals surface area contributed by atoms with Crippen molar-refractivity contribution in [2.45, 2.75) is 11.7 Å². The number of rotatable bonds is 4. The second-order valence-electron chi connectivity index (χ2n) is 5.87. The zero-order valence-electron chi connectivity index (χ0n) is 14.7. The first-order chi connectivity index (χ1) is 13.4. The molecule has 0 spiro atoms. The highest BCUT2D eigenvalue weighted by Gasteiger charge is 2.40. The van der Waals surface area contributed by atoms with Crippen LogP contribution in [0.4, 0.5) is 11.4 Å². The zero-order valence-corrected chi connectivity index (χ0v) is 17.7. The van der Waals surface area contributed by atoms with E-state index in [-0.39, 0.29) is 23.8 Å². The number of imide groups is 1. The monoisotopic (exact) mass is 508 g/mol. The van der Waals surface area contributed by atoms with E-state index in [4.69, 9.17) is 0 Å². The van der Waals surface area contributed by atoms with Crippen molar-refractivity contribution >= 4 is 68.7 Å². The van der Waals surface area contributed by atoms with E-state index in [0.717, 1.165) is 14.2 Å². The zero-order chi connectivity index (χ0) is 20.3. The summed E-state index contributed by atoms with van der Waals surface area (Å²) in [5.41, 5.74) is 1.15. The summed E-state index contributed by atoms with van der Waals surface area (Å²) < 4.78 is 1.10. The minimum absolute atomic E-state index is 0.0177. The molecule has 1 atom stereocenters. The molecule has 1 N–H and O–H groups in total. The molecule has 3 rings (SSSR count). The fourth-order valence-corrected chi connectivity index (χ4v) is 3.99. The number of hydrogen-bond acceptors (Lipinski definition) is 6. The lowest BCUT2D eigenvalue weighted by Gasteiger charge is -2.16. The highest BCUT2D eigenvalue weighted by atomic mass is 127. The number of aromatic carboxylic acids is 1. The molecular formula is C19H15IN3O4S-. The van der Waals surface area contributed by atoms with Crippen LogP contribution < -0.4 is 15.3 Å². The van der Waals surface area contributed by atoms with Crippen LogP contribution in [0.3, 0.4) is 0 Å². The molecule has 7 nitrogen and oxygen atoms in total. The first-order valence-electron chi connectivity index (χ1n) is 8.23. The number of nitrogens with zero attached hydrogens (tertiary/aromatic N) is 2. The van der Waals surface area contributed by atoms with E-state index in [2.05, 4.69) is 32.9 Å². The number of carboxylic acids is 1. The van der Waals surface area contributed by atoms with Crippen LogP contribution in [0.5, 0.6) is 0 Å². The number of aliphatic imine (C=N–C) groups is 1. The van der Waals surface area contributed by atoms with Crippen LogP contribution in [-0.4, -0.2) is 35.2 Å². The Morgan fingerprint density at radius 3 is 2.39 bits per heavy atom. The van der Waals surface area contributed by atoms with Crippen molar-refractivity contribution < 1.29 is 19.5 Å². The maximum atomic E-state index is 12.8. The van der Waals surface area contributed by atoms with E-state index in [1.54, 1.807) is 7.05 Å². The van der Waals surface area contributed by atoms with Crippen LogP contribution in [0.1, 0.15) is 16.8 Å². The first kappa shape index (κ1) is 20.3. The highest BCUT2D eigenvalue weighted by Crippen LogP contribution is 2.31. The smallest absolute Gasteiger partial charge is 0.247 e. The molecule has 0 bridgehead atoms. The summed E-state index contributed by atoms with van der Waals surface area (Å²) in [4.78, 5) is 41.2. The minimum atomic E-state index is -1.32. The van der Waals surface area contributed by atoms with Gasteiger partial charge in [-0.15, -0.1) is 0 Å². The highest BCUT2D eigenvalue weighted by molar-refractivity contribution is 14.1. The third-order valence-electron chi connectivity index (χ3n) is 4.02. The van der Waals surface area contributed by atoms with Gasteiger partial charge in [-0.1, -0.05) is 23.9 Å². The molecular weight excluding hydrogens is 493 g/mol. The Bertz CT molecular complexity index is 945. The van der Waals surface area contributed by atoms with Gasteiger partial charge in [0.1, 0.15) is 5.25 Å². The minimum Gasteiger partial charge on any atom is -0.545 e. The van der Waals surface area contributed by atoms with Crippen molar-refractivity contribution in [3.8, 4) is 0 Å². The Balaban J connectivity index is 1.71. The van der Waals surface area contributed by atoms with Gasteiger partial charge in [0, 0.05) is 22.7 Å². The standard InChI is InChI=1S/C19H16IN3O4S/c1-21-19(22-13-6-4-12(20)5-7-13)28-15-10-16(24)23(17(15)25)14-8-2-11(3-9-14)18(26)27/h2-9,15H,10H2,1H3,(H,21,22)(H,26,27)/p-1/t15-/m1/s1. The van der Waals surface area contributed by atoms with Gasteiger partial charge in [-0.05, 0) is 64.6 Å². The Kier molecular flexibility index (Phi) is 6.35. The molecule has 2 aromatic carbocycles. The van der Waals surface area contributed by atoms with Gasteiger partial charge in [0.25, 0.3) is 0 Å². The van der Waals surface area contributed by atoms with E-state index in [1.165, 1.54) is 36.0 Å². The van der Waals surface area contributed by atoms with Gasteiger partial charge in [0.2, 0.25) is 11.8 Å². The average molecular weight is 508 g/mol. The SMILES string of the molecule is CN=C(Nc1ccc(I)cc1)S[C@@H]1CC(=O)N(c2ccc(C(=O)[O-])cc2)C1=O. The van der Waals surface area contributed by atoms with Gasteiger partial charge in [0.15, 0.2) is 5.17 Å². The second kappa shape index (κ2) is 8.74. The normalized spacial score (nSPS) is 17.1. The molecule has 9 heteroatoms. The molecule has 0 saturated carbocycles. The van der Waals surface area contributed by atoms with Gasteiger partial charge in [-0.2, -0.15) is 0 Å². The molecule has 144 valence electrons. The third kappa shape index (κ3) is 4.53. The van der Waals surface area contributed by atoms with E-state index in [0.29, 0.717) is 10.9 Å². The maximum Gasteiger partial charge on any atom is 0.247 e. The molecule has 2 aromatic rings. The number of halogens is 1. The molecule has 1 fully saturated rings. The van der Waals surface area contributed by atoms with Crippen molar-refractivity contribution in [3.63, 3.8) is 0 Å². The quantitative estimate of drug-likeness (QED) is 0.294. The van der Waals surface area contributed by atoms with Crippen LogP contribution in [0.25, 0.3) is 0 Å². The molecule has 2 amide bonds. The lowest BCUT2D eigenvalue weighted by atomic mass is 10.2. The van der Waals surface area contributed by atoms with Crippen molar-refractivity contribution in [3.05, 3.63) is 57.7 Å². The lowest BCUT2D eigenvalue weighted by molar-refractivity contribution is -0.255. The number of nitrogens with one attached hydrogen (secondary N) is 1. The Hall–Kier alpha value is -2.40. The lowest BCUT2D eigenvalue weighted by Crippen LogP contribution is -2.32.